The third-order valence-electron chi connectivity index (χ3n) is 3.42. The standard InChI is InChI=1S/C8H15NO2.C6H5ClN2O2S.C5H11NO2/c1-11-7-8(10)9-5-3-2-4-6-9;7-3-1-2-4(12-3)9-6(11)5(8)10;1-5(2,3)8-4(6)7/h2-7H2,1H3;1-2H,(H2,8,10)(H,9,11);1-3H3,(H2,6,7). The number of halogens is 1. The summed E-state index contributed by atoms with van der Waals surface area (Å²) in [6, 6.07) is 3.21. The van der Waals surface area contributed by atoms with Crippen LogP contribution in [0.2, 0.25) is 4.34 Å². The Hall–Kier alpha value is -2.37. The molecule has 0 atom stereocenters. The van der Waals surface area contributed by atoms with E-state index < -0.39 is 23.5 Å². The first-order chi connectivity index (χ1) is 14.4. The molecule has 2 rings (SSSR count). The van der Waals surface area contributed by atoms with E-state index in [1.165, 1.54) is 6.42 Å². The molecule has 12 heteroatoms. The van der Waals surface area contributed by atoms with Crippen molar-refractivity contribution in [1.29, 1.82) is 0 Å². The van der Waals surface area contributed by atoms with Crippen LogP contribution in [0.15, 0.2) is 12.1 Å². The van der Waals surface area contributed by atoms with Gasteiger partial charge < -0.3 is 31.2 Å². The van der Waals surface area contributed by atoms with E-state index in [9.17, 15) is 19.2 Å². The topological polar surface area (TPSA) is 154 Å². The first kappa shape index (κ1) is 28.6. The van der Waals surface area contributed by atoms with Gasteiger partial charge in [-0.1, -0.05) is 11.6 Å². The lowest BCUT2D eigenvalue weighted by atomic mass is 10.1. The zero-order valence-electron chi connectivity index (χ0n) is 18.2. The number of anilines is 1. The van der Waals surface area contributed by atoms with E-state index in [4.69, 9.17) is 27.8 Å². The second kappa shape index (κ2) is 14.6. The van der Waals surface area contributed by atoms with Crippen molar-refractivity contribution in [3.05, 3.63) is 16.5 Å². The summed E-state index contributed by atoms with van der Waals surface area (Å²) in [5.74, 6) is -1.72. The molecule has 1 aromatic rings. The normalized spacial score (nSPS) is 13.0. The minimum Gasteiger partial charge on any atom is -0.444 e. The number of thiophene rings is 1. The fourth-order valence-corrected chi connectivity index (χ4v) is 3.15. The van der Waals surface area contributed by atoms with Crippen molar-refractivity contribution in [2.75, 3.05) is 32.1 Å². The van der Waals surface area contributed by atoms with Gasteiger partial charge in [-0.05, 0) is 52.2 Å². The summed E-state index contributed by atoms with van der Waals surface area (Å²) in [6.07, 6.45) is 2.83. The Labute approximate surface area is 191 Å². The van der Waals surface area contributed by atoms with Crippen LogP contribution in [-0.4, -0.2) is 61.1 Å². The zero-order chi connectivity index (χ0) is 24.0. The number of amides is 4. The SMILES string of the molecule is CC(C)(C)OC(N)=O.COCC(=O)N1CCCCC1.NC(=O)C(=O)Nc1ccc(Cl)s1. The van der Waals surface area contributed by atoms with Gasteiger partial charge in [0.25, 0.3) is 0 Å². The van der Waals surface area contributed by atoms with Crippen molar-refractivity contribution in [2.24, 2.45) is 11.5 Å². The smallest absolute Gasteiger partial charge is 0.405 e. The summed E-state index contributed by atoms with van der Waals surface area (Å²) < 4.78 is 9.88. The predicted octanol–water partition coefficient (Wildman–Crippen LogP) is 2.35. The molecule has 0 saturated carbocycles. The van der Waals surface area contributed by atoms with Gasteiger partial charge in [0, 0.05) is 20.2 Å². The Morgan fingerprint density at radius 2 is 1.71 bits per heavy atom. The van der Waals surface area contributed by atoms with Crippen molar-refractivity contribution >= 4 is 51.8 Å². The van der Waals surface area contributed by atoms with E-state index >= 15 is 0 Å². The second-order valence-electron chi connectivity index (χ2n) is 7.33. The first-order valence-electron chi connectivity index (χ1n) is 9.47. The Morgan fingerprint density at radius 1 is 1.13 bits per heavy atom. The largest absolute Gasteiger partial charge is 0.444 e. The number of carbonyl (C=O) groups excluding carboxylic acids is 4. The summed E-state index contributed by atoms with van der Waals surface area (Å²) >= 11 is 6.73. The van der Waals surface area contributed by atoms with Gasteiger partial charge in [-0.15, -0.1) is 11.3 Å². The molecule has 10 nitrogen and oxygen atoms in total. The molecule has 2 heterocycles. The van der Waals surface area contributed by atoms with Gasteiger partial charge in [0.05, 0.1) is 9.34 Å². The maximum atomic E-state index is 11.2. The molecule has 31 heavy (non-hydrogen) atoms. The van der Waals surface area contributed by atoms with Crippen LogP contribution in [0, 0.1) is 0 Å². The van der Waals surface area contributed by atoms with Crippen molar-refractivity contribution in [1.82, 2.24) is 4.90 Å². The second-order valence-corrected chi connectivity index (χ2v) is 9.05. The van der Waals surface area contributed by atoms with Crippen molar-refractivity contribution in [3.8, 4) is 0 Å². The maximum absolute atomic E-state index is 11.2. The van der Waals surface area contributed by atoms with Gasteiger partial charge in [0.2, 0.25) is 5.91 Å². The minimum atomic E-state index is -1.01. The average molecular weight is 479 g/mol. The highest BCUT2D eigenvalue weighted by Gasteiger charge is 2.15. The van der Waals surface area contributed by atoms with Gasteiger partial charge in [0.15, 0.2) is 0 Å². The Bertz CT molecular complexity index is 729. The van der Waals surface area contributed by atoms with Crippen LogP contribution in [0.5, 0.6) is 0 Å². The van der Waals surface area contributed by atoms with Gasteiger partial charge in [-0.3, -0.25) is 14.4 Å². The molecule has 0 aromatic carbocycles. The molecule has 1 aliphatic heterocycles. The highest BCUT2D eigenvalue weighted by atomic mass is 35.5. The van der Waals surface area contributed by atoms with E-state index in [0.29, 0.717) is 9.34 Å². The Balaban J connectivity index is 0.000000446. The quantitative estimate of drug-likeness (QED) is 0.566. The Kier molecular flexibility index (Phi) is 13.5. The molecule has 1 aromatic heterocycles. The van der Waals surface area contributed by atoms with Gasteiger partial charge >= 0.3 is 17.9 Å². The lowest BCUT2D eigenvalue weighted by Crippen LogP contribution is -2.37. The molecule has 0 radical (unpaired) electrons. The fourth-order valence-electron chi connectivity index (χ4n) is 2.21. The first-order valence-corrected chi connectivity index (χ1v) is 10.7. The average Bonchev–Trinajstić information content (AvgIpc) is 3.06. The van der Waals surface area contributed by atoms with E-state index in [-0.39, 0.29) is 12.5 Å². The number of likely N-dealkylation sites (tertiary alicyclic amines) is 1. The van der Waals surface area contributed by atoms with Crippen molar-refractivity contribution in [2.45, 2.75) is 45.6 Å². The number of piperidine rings is 1. The molecular formula is C19H31ClN4O6S. The summed E-state index contributed by atoms with van der Waals surface area (Å²) in [7, 11) is 1.56. The number of rotatable bonds is 3. The third kappa shape index (κ3) is 15.1. The number of nitrogens with one attached hydrogen (secondary N) is 1. The van der Waals surface area contributed by atoms with E-state index in [0.717, 1.165) is 37.3 Å². The maximum Gasteiger partial charge on any atom is 0.405 e. The van der Waals surface area contributed by atoms with Crippen LogP contribution in [-0.2, 0) is 23.9 Å². The van der Waals surface area contributed by atoms with Crippen molar-refractivity contribution < 1.29 is 28.7 Å². The highest BCUT2D eigenvalue weighted by Crippen LogP contribution is 2.25. The van der Waals surface area contributed by atoms with Crippen LogP contribution in [0.3, 0.4) is 0 Å². The third-order valence-corrected chi connectivity index (χ3v) is 4.56. The molecule has 1 fully saturated rings. The lowest BCUT2D eigenvalue weighted by molar-refractivity contribution is -0.136. The molecule has 0 aliphatic carbocycles. The molecular weight excluding hydrogens is 448 g/mol. The zero-order valence-corrected chi connectivity index (χ0v) is 19.8. The van der Waals surface area contributed by atoms with Crippen LogP contribution in [0.1, 0.15) is 40.0 Å². The van der Waals surface area contributed by atoms with Gasteiger partial charge in [-0.25, -0.2) is 4.79 Å². The minimum absolute atomic E-state index is 0.132. The molecule has 0 bridgehead atoms. The van der Waals surface area contributed by atoms with Gasteiger partial charge in [-0.2, -0.15) is 0 Å². The predicted molar refractivity (Wildman–Crippen MR) is 120 cm³/mol. The van der Waals surface area contributed by atoms with Crippen molar-refractivity contribution in [3.63, 3.8) is 0 Å². The van der Waals surface area contributed by atoms with Crippen LogP contribution >= 0.6 is 22.9 Å². The monoisotopic (exact) mass is 478 g/mol. The highest BCUT2D eigenvalue weighted by molar-refractivity contribution is 7.20. The fraction of sp³-hybridized carbons (Fsp3) is 0.579. The number of hydrogen-bond acceptors (Lipinski definition) is 7. The molecule has 1 aliphatic rings. The van der Waals surface area contributed by atoms with E-state index in [1.54, 1.807) is 40.0 Å². The Morgan fingerprint density at radius 3 is 2.06 bits per heavy atom. The number of ether oxygens (including phenoxy) is 2. The number of nitrogens with two attached hydrogens (primary N) is 2. The number of primary amides is 2. The number of carbonyl (C=O) groups is 4. The summed E-state index contributed by atoms with van der Waals surface area (Å²) in [5, 5.41) is 2.79. The summed E-state index contributed by atoms with van der Waals surface area (Å²) in [4.78, 5) is 44.1. The summed E-state index contributed by atoms with van der Waals surface area (Å²) in [6.45, 7) is 7.36. The van der Waals surface area contributed by atoms with Crippen LogP contribution in [0.25, 0.3) is 0 Å². The molecule has 1 saturated heterocycles. The molecule has 5 N–H and O–H groups in total. The molecule has 4 amide bonds. The lowest BCUT2D eigenvalue weighted by Gasteiger charge is -2.26. The van der Waals surface area contributed by atoms with Crippen LogP contribution in [0.4, 0.5) is 9.80 Å². The molecule has 0 unspecified atom stereocenters. The molecule has 176 valence electrons. The number of methoxy groups -OCH3 is 1. The van der Waals surface area contributed by atoms with Crippen LogP contribution < -0.4 is 16.8 Å². The number of hydrogen-bond donors (Lipinski definition) is 3. The van der Waals surface area contributed by atoms with Gasteiger partial charge in [0.1, 0.15) is 12.2 Å². The van der Waals surface area contributed by atoms with E-state index in [2.05, 4.69) is 10.1 Å². The molecule has 0 spiro atoms. The summed E-state index contributed by atoms with van der Waals surface area (Å²) in [5.41, 5.74) is 8.98. The number of nitrogens with zero attached hydrogens (tertiary/aromatic N) is 1. The van der Waals surface area contributed by atoms with E-state index in [1.807, 2.05) is 4.90 Å².